The van der Waals surface area contributed by atoms with Gasteiger partial charge < -0.3 is 10.6 Å². The number of benzene rings is 3. The van der Waals surface area contributed by atoms with E-state index < -0.39 is 5.91 Å². The molecule has 0 bridgehead atoms. The molecule has 1 aromatic heterocycles. The van der Waals surface area contributed by atoms with Gasteiger partial charge >= 0.3 is 0 Å². The molecule has 178 valence electrons. The summed E-state index contributed by atoms with van der Waals surface area (Å²) in [7, 11) is 0. The quantitative estimate of drug-likeness (QED) is 0.287. The third-order valence-corrected chi connectivity index (χ3v) is 6.52. The SMILES string of the molecule is Cc1ccc(Cn2c(SCC(=O)N(CCC(N)=O)c3ccccc3)nc3ccccc3c2=O)cc1. The predicted octanol–water partition coefficient (Wildman–Crippen LogP) is 3.75. The van der Waals surface area contributed by atoms with Crippen LogP contribution in [0.3, 0.4) is 0 Å². The molecule has 0 aliphatic carbocycles. The molecule has 0 saturated carbocycles. The van der Waals surface area contributed by atoms with Gasteiger partial charge in [0, 0.05) is 18.7 Å². The van der Waals surface area contributed by atoms with Crippen molar-refractivity contribution in [1.82, 2.24) is 9.55 Å². The first-order valence-corrected chi connectivity index (χ1v) is 12.2. The number of fused-ring (bicyclic) bond motifs is 1. The molecule has 0 aliphatic rings. The van der Waals surface area contributed by atoms with E-state index >= 15 is 0 Å². The normalized spacial score (nSPS) is 10.9. The second kappa shape index (κ2) is 11.0. The van der Waals surface area contributed by atoms with Crippen molar-refractivity contribution in [2.75, 3.05) is 17.2 Å². The monoisotopic (exact) mass is 486 g/mol. The van der Waals surface area contributed by atoms with Crippen molar-refractivity contribution < 1.29 is 9.59 Å². The molecule has 3 aromatic carbocycles. The Labute approximate surface area is 207 Å². The number of hydrogen-bond donors (Lipinski definition) is 1. The lowest BCUT2D eigenvalue weighted by Gasteiger charge is -2.22. The number of para-hydroxylation sites is 2. The average molecular weight is 487 g/mol. The van der Waals surface area contributed by atoms with Gasteiger partial charge in [-0.2, -0.15) is 0 Å². The van der Waals surface area contributed by atoms with Gasteiger partial charge in [0.2, 0.25) is 11.8 Å². The summed E-state index contributed by atoms with van der Waals surface area (Å²) in [5.41, 5.74) is 8.54. The minimum absolute atomic E-state index is 0.0480. The Kier molecular flexibility index (Phi) is 7.62. The molecular formula is C27H26N4O3S. The van der Waals surface area contributed by atoms with E-state index in [9.17, 15) is 14.4 Å². The number of aryl methyl sites for hydroxylation is 1. The van der Waals surface area contributed by atoms with Crippen LogP contribution in [0.4, 0.5) is 5.69 Å². The largest absolute Gasteiger partial charge is 0.370 e. The molecule has 0 spiro atoms. The first kappa shape index (κ1) is 24.2. The van der Waals surface area contributed by atoms with Crippen LogP contribution in [0.5, 0.6) is 0 Å². The predicted molar refractivity (Wildman–Crippen MR) is 140 cm³/mol. The minimum Gasteiger partial charge on any atom is -0.370 e. The van der Waals surface area contributed by atoms with Crippen molar-refractivity contribution in [2.45, 2.75) is 25.0 Å². The Bertz CT molecular complexity index is 1400. The van der Waals surface area contributed by atoms with Crippen molar-refractivity contribution in [3.63, 3.8) is 0 Å². The van der Waals surface area contributed by atoms with Gasteiger partial charge in [-0.1, -0.05) is 71.9 Å². The maximum absolute atomic E-state index is 13.4. The van der Waals surface area contributed by atoms with Crippen LogP contribution in [0.15, 0.2) is 88.8 Å². The van der Waals surface area contributed by atoms with Crippen molar-refractivity contribution in [1.29, 1.82) is 0 Å². The summed E-state index contributed by atoms with van der Waals surface area (Å²) in [6, 6.07) is 24.3. The summed E-state index contributed by atoms with van der Waals surface area (Å²) >= 11 is 1.21. The van der Waals surface area contributed by atoms with Crippen LogP contribution in [0.1, 0.15) is 17.5 Å². The van der Waals surface area contributed by atoms with Crippen molar-refractivity contribution in [3.8, 4) is 0 Å². The highest BCUT2D eigenvalue weighted by atomic mass is 32.2. The van der Waals surface area contributed by atoms with Crippen molar-refractivity contribution in [2.24, 2.45) is 5.73 Å². The van der Waals surface area contributed by atoms with E-state index in [4.69, 9.17) is 10.7 Å². The highest BCUT2D eigenvalue weighted by molar-refractivity contribution is 7.99. The zero-order chi connectivity index (χ0) is 24.8. The summed E-state index contributed by atoms with van der Waals surface area (Å²) < 4.78 is 1.61. The summed E-state index contributed by atoms with van der Waals surface area (Å²) in [6.07, 6.45) is 0.0532. The van der Waals surface area contributed by atoms with Gasteiger partial charge in [0.05, 0.1) is 23.2 Å². The van der Waals surface area contributed by atoms with Crippen LogP contribution in [-0.2, 0) is 16.1 Å². The van der Waals surface area contributed by atoms with Crippen LogP contribution < -0.4 is 16.2 Å². The molecule has 0 fully saturated rings. The van der Waals surface area contributed by atoms with Gasteiger partial charge in [-0.05, 0) is 36.8 Å². The second-order valence-electron chi connectivity index (χ2n) is 8.17. The number of nitrogens with two attached hydrogens (primary N) is 1. The Balaban J connectivity index is 1.64. The van der Waals surface area contributed by atoms with Crippen molar-refractivity contribution >= 4 is 40.2 Å². The number of carbonyl (C=O) groups is 2. The first-order valence-electron chi connectivity index (χ1n) is 11.2. The van der Waals surface area contributed by atoms with E-state index in [0.29, 0.717) is 28.3 Å². The number of anilines is 1. The fraction of sp³-hybridized carbons (Fsp3) is 0.185. The number of nitrogens with zero attached hydrogens (tertiary/aromatic N) is 3. The van der Waals surface area contributed by atoms with E-state index in [2.05, 4.69) is 0 Å². The number of hydrogen-bond acceptors (Lipinski definition) is 5. The minimum atomic E-state index is -0.477. The van der Waals surface area contributed by atoms with Gasteiger partial charge in [-0.3, -0.25) is 19.0 Å². The highest BCUT2D eigenvalue weighted by Gasteiger charge is 2.19. The number of aromatic nitrogens is 2. The molecule has 0 atom stereocenters. The fourth-order valence-electron chi connectivity index (χ4n) is 3.71. The zero-order valence-electron chi connectivity index (χ0n) is 19.4. The molecule has 0 unspecified atom stereocenters. The van der Waals surface area contributed by atoms with E-state index in [1.54, 1.807) is 21.6 Å². The van der Waals surface area contributed by atoms with E-state index in [1.165, 1.54) is 11.8 Å². The number of amides is 2. The van der Waals surface area contributed by atoms with E-state index in [1.807, 2.05) is 73.7 Å². The number of rotatable bonds is 9. The molecule has 2 N–H and O–H groups in total. The lowest BCUT2D eigenvalue weighted by Crippen LogP contribution is -2.35. The lowest BCUT2D eigenvalue weighted by molar-refractivity contribution is -0.118. The zero-order valence-corrected chi connectivity index (χ0v) is 20.2. The van der Waals surface area contributed by atoms with Gasteiger partial charge in [0.1, 0.15) is 0 Å². The second-order valence-corrected chi connectivity index (χ2v) is 9.12. The third kappa shape index (κ3) is 5.96. The molecule has 0 radical (unpaired) electrons. The Morgan fingerprint density at radius 2 is 1.66 bits per heavy atom. The maximum atomic E-state index is 13.4. The van der Waals surface area contributed by atoms with Crippen LogP contribution in [-0.4, -0.2) is 33.7 Å². The molecule has 1 heterocycles. The van der Waals surface area contributed by atoms with Gasteiger partial charge in [0.25, 0.3) is 5.56 Å². The Morgan fingerprint density at radius 3 is 2.37 bits per heavy atom. The van der Waals surface area contributed by atoms with Gasteiger partial charge in [0.15, 0.2) is 5.16 Å². The number of carbonyl (C=O) groups excluding carboxylic acids is 2. The number of primary amides is 1. The lowest BCUT2D eigenvalue weighted by atomic mass is 10.1. The van der Waals surface area contributed by atoms with Crippen LogP contribution in [0.25, 0.3) is 10.9 Å². The molecule has 2 amide bonds. The standard InChI is InChI=1S/C27H26N4O3S/c1-19-11-13-20(14-12-19)17-31-26(34)22-9-5-6-10-23(22)29-27(31)35-18-25(33)30(16-15-24(28)32)21-7-3-2-4-8-21/h2-14H,15-18H2,1H3,(H2,28,32). The number of thioether (sulfide) groups is 1. The Morgan fingerprint density at radius 1 is 0.971 bits per heavy atom. The molecule has 4 rings (SSSR count). The van der Waals surface area contributed by atoms with Crippen LogP contribution in [0, 0.1) is 6.92 Å². The maximum Gasteiger partial charge on any atom is 0.262 e. The Hall–Kier alpha value is -3.91. The molecule has 35 heavy (non-hydrogen) atoms. The van der Waals surface area contributed by atoms with E-state index in [0.717, 1.165) is 11.1 Å². The van der Waals surface area contributed by atoms with Crippen LogP contribution >= 0.6 is 11.8 Å². The van der Waals surface area contributed by atoms with Gasteiger partial charge in [-0.25, -0.2) is 4.98 Å². The molecule has 8 heteroatoms. The van der Waals surface area contributed by atoms with Gasteiger partial charge in [-0.15, -0.1) is 0 Å². The first-order chi connectivity index (χ1) is 16.9. The fourth-order valence-corrected chi connectivity index (χ4v) is 4.58. The summed E-state index contributed by atoms with van der Waals surface area (Å²) in [5, 5.41) is 0.994. The molecule has 0 aliphatic heterocycles. The highest BCUT2D eigenvalue weighted by Crippen LogP contribution is 2.22. The van der Waals surface area contributed by atoms with Crippen LogP contribution in [0.2, 0.25) is 0 Å². The molecule has 4 aromatic rings. The molecular weight excluding hydrogens is 460 g/mol. The summed E-state index contributed by atoms with van der Waals surface area (Å²) in [6.45, 7) is 2.54. The molecule has 7 nitrogen and oxygen atoms in total. The molecule has 0 saturated heterocycles. The summed E-state index contributed by atoms with van der Waals surface area (Å²) in [5.74, 6) is -0.631. The topological polar surface area (TPSA) is 98.3 Å². The van der Waals surface area contributed by atoms with Crippen molar-refractivity contribution in [3.05, 3.63) is 100 Å². The summed E-state index contributed by atoms with van der Waals surface area (Å²) in [4.78, 5) is 44.2. The van der Waals surface area contributed by atoms with E-state index in [-0.39, 0.29) is 30.2 Å². The average Bonchev–Trinajstić information content (AvgIpc) is 2.86. The smallest absolute Gasteiger partial charge is 0.262 e. The third-order valence-electron chi connectivity index (χ3n) is 5.56.